The fourth-order valence-electron chi connectivity index (χ4n) is 2.77. The van der Waals surface area contributed by atoms with Gasteiger partial charge in [-0.3, -0.25) is 4.79 Å². The first-order valence-electron chi connectivity index (χ1n) is 8.00. The lowest BCUT2D eigenvalue weighted by Crippen LogP contribution is -2.43. The zero-order chi connectivity index (χ0) is 18.4. The zero-order valence-corrected chi connectivity index (χ0v) is 15.9. The van der Waals surface area contributed by atoms with Crippen LogP contribution in [0.1, 0.15) is 12.8 Å². The average molecular weight is 391 g/mol. The number of halogens is 1. The first-order chi connectivity index (χ1) is 11.9. The van der Waals surface area contributed by atoms with Crippen molar-refractivity contribution in [1.82, 2.24) is 9.62 Å². The maximum Gasteiger partial charge on any atom is 0.246 e. The Morgan fingerprint density at radius 1 is 1.32 bits per heavy atom. The normalized spacial score (nSPS) is 16.6. The molecule has 1 N–H and O–H groups in total. The van der Waals surface area contributed by atoms with Gasteiger partial charge in [0.05, 0.1) is 13.7 Å². The SMILES string of the molecule is COCCNC(=O)C1CCN(S(=O)(=O)c2cc(Cl)ccc2OC)CC1. The molecule has 1 aliphatic rings. The lowest BCUT2D eigenvalue weighted by molar-refractivity contribution is -0.126. The third kappa shape index (κ3) is 4.84. The molecule has 1 aliphatic heterocycles. The number of benzene rings is 1. The second-order valence-corrected chi connectivity index (χ2v) is 8.10. The van der Waals surface area contributed by atoms with Gasteiger partial charge in [-0.2, -0.15) is 4.31 Å². The number of piperidine rings is 1. The summed E-state index contributed by atoms with van der Waals surface area (Å²) >= 11 is 5.94. The number of sulfonamides is 1. The zero-order valence-electron chi connectivity index (χ0n) is 14.3. The van der Waals surface area contributed by atoms with Crippen LogP contribution in [0.3, 0.4) is 0 Å². The number of nitrogens with zero attached hydrogens (tertiary/aromatic N) is 1. The summed E-state index contributed by atoms with van der Waals surface area (Å²) < 4.78 is 37.2. The summed E-state index contributed by atoms with van der Waals surface area (Å²) in [6, 6.07) is 4.50. The van der Waals surface area contributed by atoms with E-state index in [-0.39, 0.29) is 35.6 Å². The van der Waals surface area contributed by atoms with Crippen molar-refractivity contribution in [3.63, 3.8) is 0 Å². The Bertz CT molecular complexity index is 702. The van der Waals surface area contributed by atoms with Crippen molar-refractivity contribution < 1.29 is 22.7 Å². The molecule has 140 valence electrons. The van der Waals surface area contributed by atoms with Crippen LogP contribution in [0.2, 0.25) is 5.02 Å². The molecule has 1 fully saturated rings. The van der Waals surface area contributed by atoms with Crippen LogP contribution in [-0.2, 0) is 19.6 Å². The Morgan fingerprint density at radius 3 is 2.60 bits per heavy atom. The van der Waals surface area contributed by atoms with Crippen molar-refractivity contribution in [2.24, 2.45) is 5.92 Å². The maximum absolute atomic E-state index is 12.9. The van der Waals surface area contributed by atoms with E-state index in [4.69, 9.17) is 21.1 Å². The predicted molar refractivity (Wildman–Crippen MR) is 94.4 cm³/mol. The molecule has 1 saturated heterocycles. The number of nitrogens with one attached hydrogen (secondary N) is 1. The lowest BCUT2D eigenvalue weighted by Gasteiger charge is -2.30. The number of hydrogen-bond acceptors (Lipinski definition) is 5. The molecule has 0 atom stereocenters. The van der Waals surface area contributed by atoms with E-state index in [1.165, 1.54) is 23.5 Å². The third-order valence-corrected chi connectivity index (χ3v) is 6.33. The molecule has 7 nitrogen and oxygen atoms in total. The molecule has 25 heavy (non-hydrogen) atoms. The molecule has 0 saturated carbocycles. The van der Waals surface area contributed by atoms with Crippen LogP contribution in [0.5, 0.6) is 5.75 Å². The fraction of sp³-hybridized carbons (Fsp3) is 0.562. The van der Waals surface area contributed by atoms with E-state index in [2.05, 4.69) is 5.32 Å². The molecule has 0 spiro atoms. The van der Waals surface area contributed by atoms with E-state index in [9.17, 15) is 13.2 Å². The Hall–Kier alpha value is -1.35. The summed E-state index contributed by atoms with van der Waals surface area (Å²) in [7, 11) is -0.741. The quantitative estimate of drug-likeness (QED) is 0.713. The number of carbonyl (C=O) groups excluding carboxylic acids is 1. The summed E-state index contributed by atoms with van der Waals surface area (Å²) in [6.07, 6.45) is 0.946. The molecule has 0 aromatic heterocycles. The van der Waals surface area contributed by atoms with E-state index >= 15 is 0 Å². The highest BCUT2D eigenvalue weighted by Gasteiger charge is 2.33. The minimum atomic E-state index is -3.73. The van der Waals surface area contributed by atoms with Gasteiger partial charge in [-0.25, -0.2) is 8.42 Å². The van der Waals surface area contributed by atoms with E-state index in [0.29, 0.717) is 31.0 Å². The molecule has 9 heteroatoms. The molecule has 2 rings (SSSR count). The fourth-order valence-corrected chi connectivity index (χ4v) is 4.66. The van der Waals surface area contributed by atoms with Crippen molar-refractivity contribution in [3.05, 3.63) is 23.2 Å². The van der Waals surface area contributed by atoms with E-state index in [1.807, 2.05) is 0 Å². The van der Waals surface area contributed by atoms with Gasteiger partial charge in [-0.15, -0.1) is 0 Å². The van der Waals surface area contributed by atoms with E-state index < -0.39 is 10.0 Å². The van der Waals surface area contributed by atoms with Crippen LogP contribution >= 0.6 is 11.6 Å². The Labute approximate surface area is 153 Å². The smallest absolute Gasteiger partial charge is 0.246 e. The Morgan fingerprint density at radius 2 is 2.00 bits per heavy atom. The second kappa shape index (κ2) is 8.84. The molecule has 1 heterocycles. The Balaban J connectivity index is 2.04. The monoisotopic (exact) mass is 390 g/mol. The van der Waals surface area contributed by atoms with E-state index in [0.717, 1.165) is 0 Å². The van der Waals surface area contributed by atoms with Crippen LogP contribution in [0.25, 0.3) is 0 Å². The Kier molecular flexibility index (Phi) is 7.06. The number of amides is 1. The molecule has 1 aromatic carbocycles. The molecule has 0 unspecified atom stereocenters. The highest BCUT2D eigenvalue weighted by atomic mass is 35.5. The van der Waals surface area contributed by atoms with Crippen LogP contribution in [0, 0.1) is 5.92 Å². The maximum atomic E-state index is 12.9. The van der Waals surface area contributed by atoms with Crippen LogP contribution < -0.4 is 10.1 Å². The van der Waals surface area contributed by atoms with Crippen LogP contribution in [-0.4, -0.2) is 59.1 Å². The summed E-state index contributed by atoms with van der Waals surface area (Å²) in [5.41, 5.74) is 0. The molecular formula is C16H23ClN2O5S. The molecule has 0 radical (unpaired) electrons. The molecule has 1 amide bonds. The van der Waals surface area contributed by atoms with Crippen molar-refractivity contribution in [2.75, 3.05) is 40.5 Å². The van der Waals surface area contributed by atoms with Crippen LogP contribution in [0.15, 0.2) is 23.1 Å². The van der Waals surface area contributed by atoms with Gasteiger partial charge < -0.3 is 14.8 Å². The second-order valence-electron chi connectivity index (χ2n) is 5.76. The summed E-state index contributed by atoms with van der Waals surface area (Å²) in [4.78, 5) is 12.1. The summed E-state index contributed by atoms with van der Waals surface area (Å²) in [6.45, 7) is 1.46. The average Bonchev–Trinajstić information content (AvgIpc) is 2.62. The van der Waals surface area contributed by atoms with Crippen molar-refractivity contribution in [2.45, 2.75) is 17.7 Å². The first kappa shape index (κ1) is 20.0. The summed E-state index contributed by atoms with van der Waals surface area (Å²) in [5, 5.41) is 3.12. The third-order valence-electron chi connectivity index (χ3n) is 4.17. The van der Waals surface area contributed by atoms with Crippen molar-refractivity contribution in [1.29, 1.82) is 0 Å². The number of carbonyl (C=O) groups is 1. The molecule has 1 aromatic rings. The number of methoxy groups -OCH3 is 2. The summed E-state index contributed by atoms with van der Waals surface area (Å²) in [5.74, 6) is 0.00262. The number of rotatable bonds is 7. The predicted octanol–water partition coefficient (Wildman–Crippen LogP) is 1.51. The van der Waals surface area contributed by atoms with Gasteiger partial charge in [0, 0.05) is 37.7 Å². The van der Waals surface area contributed by atoms with Gasteiger partial charge in [0.1, 0.15) is 10.6 Å². The standard InChI is InChI=1S/C16H23ClN2O5S/c1-23-10-7-18-16(20)12-5-8-19(9-6-12)25(21,22)15-11-13(17)3-4-14(15)24-2/h3-4,11-12H,5-10H2,1-2H3,(H,18,20). The van der Waals surface area contributed by atoms with Gasteiger partial charge in [-0.1, -0.05) is 11.6 Å². The first-order valence-corrected chi connectivity index (χ1v) is 9.82. The van der Waals surface area contributed by atoms with Crippen molar-refractivity contribution in [3.8, 4) is 5.75 Å². The minimum absolute atomic E-state index is 0.0468. The van der Waals surface area contributed by atoms with Crippen molar-refractivity contribution >= 4 is 27.5 Å². The van der Waals surface area contributed by atoms with Gasteiger partial charge >= 0.3 is 0 Å². The van der Waals surface area contributed by atoms with E-state index in [1.54, 1.807) is 13.2 Å². The van der Waals surface area contributed by atoms with Gasteiger partial charge in [0.2, 0.25) is 15.9 Å². The van der Waals surface area contributed by atoms with Crippen LogP contribution in [0.4, 0.5) is 0 Å². The van der Waals surface area contributed by atoms with Gasteiger partial charge in [0.25, 0.3) is 0 Å². The molecule has 0 aliphatic carbocycles. The van der Waals surface area contributed by atoms with Gasteiger partial charge in [0.15, 0.2) is 0 Å². The largest absolute Gasteiger partial charge is 0.495 e. The van der Waals surface area contributed by atoms with Gasteiger partial charge in [-0.05, 0) is 31.0 Å². The highest BCUT2D eigenvalue weighted by Crippen LogP contribution is 2.31. The topological polar surface area (TPSA) is 84.9 Å². The number of ether oxygens (including phenoxy) is 2. The lowest BCUT2D eigenvalue weighted by atomic mass is 9.97. The molecular weight excluding hydrogens is 368 g/mol. The minimum Gasteiger partial charge on any atom is -0.495 e. The highest BCUT2D eigenvalue weighted by molar-refractivity contribution is 7.89. The number of hydrogen-bond donors (Lipinski definition) is 1. The molecule has 0 bridgehead atoms.